The second-order valence-corrected chi connectivity index (χ2v) is 6.76. The zero-order valence-electron chi connectivity index (χ0n) is 15.6. The molecule has 1 aromatic heterocycles. The molecular formula is C22H21N3O3. The van der Waals surface area contributed by atoms with Gasteiger partial charge in [-0.1, -0.05) is 35.8 Å². The van der Waals surface area contributed by atoms with Crippen molar-refractivity contribution in [2.24, 2.45) is 0 Å². The minimum Gasteiger partial charge on any atom is -0.497 e. The number of carbonyl (C=O) groups excluding carboxylic acids is 1. The van der Waals surface area contributed by atoms with Crippen molar-refractivity contribution in [3.63, 3.8) is 0 Å². The number of nitrogens with zero attached hydrogens (tertiary/aromatic N) is 2. The average molecular weight is 375 g/mol. The van der Waals surface area contributed by atoms with Crippen LogP contribution < -0.4 is 10.1 Å². The van der Waals surface area contributed by atoms with Gasteiger partial charge in [-0.2, -0.15) is 4.98 Å². The Labute approximate surface area is 163 Å². The van der Waals surface area contributed by atoms with Crippen LogP contribution in [0, 0.1) is 0 Å². The Hall–Kier alpha value is -3.41. The molecule has 1 aliphatic rings. The second kappa shape index (κ2) is 8.08. The highest BCUT2D eigenvalue weighted by molar-refractivity contribution is 6.02. The van der Waals surface area contributed by atoms with Crippen LogP contribution >= 0.6 is 0 Å². The molecule has 1 fully saturated rings. The predicted octanol–water partition coefficient (Wildman–Crippen LogP) is 4.66. The molecule has 0 unspecified atom stereocenters. The molecule has 6 nitrogen and oxygen atoms in total. The number of aromatic nitrogens is 2. The van der Waals surface area contributed by atoms with Gasteiger partial charge >= 0.3 is 0 Å². The summed E-state index contributed by atoms with van der Waals surface area (Å²) in [5.41, 5.74) is 2.41. The maximum Gasteiger partial charge on any atom is 0.248 e. The van der Waals surface area contributed by atoms with Crippen molar-refractivity contribution in [1.82, 2.24) is 10.1 Å². The summed E-state index contributed by atoms with van der Waals surface area (Å²) in [6.07, 6.45) is 6.69. The molecule has 0 saturated heterocycles. The first kappa shape index (κ1) is 18.0. The Morgan fingerprint density at radius 2 is 2.04 bits per heavy atom. The fourth-order valence-electron chi connectivity index (χ4n) is 2.98. The summed E-state index contributed by atoms with van der Waals surface area (Å²) in [7, 11) is 1.62. The summed E-state index contributed by atoms with van der Waals surface area (Å²) < 4.78 is 10.5. The largest absolute Gasteiger partial charge is 0.497 e. The molecule has 0 spiro atoms. The van der Waals surface area contributed by atoms with Gasteiger partial charge in [0.2, 0.25) is 17.6 Å². The van der Waals surface area contributed by atoms with Gasteiger partial charge in [-0.25, -0.2) is 0 Å². The van der Waals surface area contributed by atoms with Crippen LogP contribution in [0.25, 0.3) is 17.5 Å². The number of ether oxygens (including phenoxy) is 1. The van der Waals surface area contributed by atoms with Gasteiger partial charge in [0.15, 0.2) is 0 Å². The minimum absolute atomic E-state index is 0.212. The Balaban J connectivity index is 1.41. The first-order valence-electron chi connectivity index (χ1n) is 9.28. The Kier molecular flexibility index (Phi) is 5.19. The first-order chi connectivity index (χ1) is 13.7. The van der Waals surface area contributed by atoms with Crippen molar-refractivity contribution in [2.75, 3.05) is 12.4 Å². The lowest BCUT2D eigenvalue weighted by molar-refractivity contribution is -0.111. The highest BCUT2D eigenvalue weighted by atomic mass is 16.5. The summed E-state index contributed by atoms with van der Waals surface area (Å²) >= 11 is 0. The van der Waals surface area contributed by atoms with Gasteiger partial charge in [0.05, 0.1) is 7.11 Å². The number of amides is 1. The molecule has 0 radical (unpaired) electrons. The van der Waals surface area contributed by atoms with Gasteiger partial charge in [0, 0.05) is 23.2 Å². The second-order valence-electron chi connectivity index (χ2n) is 6.76. The van der Waals surface area contributed by atoms with E-state index in [4.69, 9.17) is 9.26 Å². The molecule has 4 rings (SSSR count). The standard InChI is InChI=1S/C22H21N3O3/c1-27-19-11-8-15(9-12-19)10-13-20(26)23-18-7-3-6-17(14-18)21-24-22(28-25-21)16-4-2-5-16/h3,6-14,16H,2,4-5H2,1H3,(H,23,26). The molecule has 1 heterocycles. The molecule has 0 aliphatic heterocycles. The molecule has 1 aliphatic carbocycles. The first-order valence-corrected chi connectivity index (χ1v) is 9.28. The van der Waals surface area contributed by atoms with E-state index in [1.807, 2.05) is 48.5 Å². The molecule has 6 heteroatoms. The zero-order chi connectivity index (χ0) is 19.3. The van der Waals surface area contributed by atoms with Gasteiger partial charge in [-0.15, -0.1) is 0 Å². The SMILES string of the molecule is COc1ccc(C=CC(=O)Nc2cccc(-c3noc(C4CCC4)n3)c2)cc1. The van der Waals surface area contributed by atoms with E-state index in [0.29, 0.717) is 23.3 Å². The van der Waals surface area contributed by atoms with E-state index in [0.717, 1.165) is 29.7 Å². The summed E-state index contributed by atoms with van der Waals surface area (Å²) in [4.78, 5) is 16.7. The number of hydrogen-bond acceptors (Lipinski definition) is 5. The van der Waals surface area contributed by atoms with Crippen LogP contribution in [0.2, 0.25) is 0 Å². The van der Waals surface area contributed by atoms with E-state index in [1.54, 1.807) is 13.2 Å². The molecule has 3 aromatic rings. The van der Waals surface area contributed by atoms with Crippen molar-refractivity contribution >= 4 is 17.7 Å². The van der Waals surface area contributed by atoms with E-state index in [9.17, 15) is 4.79 Å². The van der Waals surface area contributed by atoms with Crippen molar-refractivity contribution in [3.05, 3.63) is 66.1 Å². The fourth-order valence-corrected chi connectivity index (χ4v) is 2.98. The minimum atomic E-state index is -0.212. The fraction of sp³-hybridized carbons (Fsp3) is 0.227. The molecule has 1 N–H and O–H groups in total. The number of carbonyl (C=O) groups is 1. The number of benzene rings is 2. The zero-order valence-corrected chi connectivity index (χ0v) is 15.6. The molecule has 0 atom stereocenters. The lowest BCUT2D eigenvalue weighted by Gasteiger charge is -2.20. The number of anilines is 1. The number of hydrogen-bond donors (Lipinski definition) is 1. The van der Waals surface area contributed by atoms with Crippen molar-refractivity contribution in [2.45, 2.75) is 25.2 Å². The normalized spacial score (nSPS) is 14.0. The predicted molar refractivity (Wildman–Crippen MR) is 107 cm³/mol. The van der Waals surface area contributed by atoms with Gasteiger partial charge < -0.3 is 14.6 Å². The van der Waals surface area contributed by atoms with E-state index >= 15 is 0 Å². The Morgan fingerprint density at radius 1 is 1.21 bits per heavy atom. The van der Waals surface area contributed by atoms with Crippen LogP contribution in [0.15, 0.2) is 59.1 Å². The quantitative estimate of drug-likeness (QED) is 0.634. The van der Waals surface area contributed by atoms with Gasteiger partial charge in [-0.3, -0.25) is 4.79 Å². The molecule has 28 heavy (non-hydrogen) atoms. The van der Waals surface area contributed by atoms with Crippen LogP contribution in [0.4, 0.5) is 5.69 Å². The monoisotopic (exact) mass is 375 g/mol. The number of methoxy groups -OCH3 is 1. The highest BCUT2D eigenvalue weighted by Gasteiger charge is 2.25. The number of nitrogens with one attached hydrogen (secondary N) is 1. The lowest BCUT2D eigenvalue weighted by Crippen LogP contribution is -2.08. The van der Waals surface area contributed by atoms with Crippen LogP contribution in [0.1, 0.15) is 36.6 Å². The maximum absolute atomic E-state index is 12.2. The Bertz CT molecular complexity index is 988. The molecule has 2 aromatic carbocycles. The van der Waals surface area contributed by atoms with Gasteiger partial charge in [0.1, 0.15) is 5.75 Å². The maximum atomic E-state index is 12.2. The summed E-state index contributed by atoms with van der Waals surface area (Å²) in [5, 5.41) is 6.94. The summed E-state index contributed by atoms with van der Waals surface area (Å²) in [6, 6.07) is 14.9. The van der Waals surface area contributed by atoms with Crippen molar-refractivity contribution in [3.8, 4) is 17.1 Å². The summed E-state index contributed by atoms with van der Waals surface area (Å²) in [5.74, 6) is 2.22. The molecular weight excluding hydrogens is 354 g/mol. The van der Waals surface area contributed by atoms with Crippen LogP contribution in [-0.2, 0) is 4.79 Å². The molecule has 1 amide bonds. The third-order valence-electron chi connectivity index (χ3n) is 4.83. The van der Waals surface area contributed by atoms with Gasteiger partial charge in [-0.05, 0) is 48.7 Å². The van der Waals surface area contributed by atoms with Gasteiger partial charge in [0.25, 0.3) is 0 Å². The topological polar surface area (TPSA) is 77.2 Å². The van der Waals surface area contributed by atoms with Crippen molar-refractivity contribution < 1.29 is 14.1 Å². The number of rotatable bonds is 6. The van der Waals surface area contributed by atoms with E-state index in [1.165, 1.54) is 12.5 Å². The summed E-state index contributed by atoms with van der Waals surface area (Å²) in [6.45, 7) is 0. The van der Waals surface area contributed by atoms with Crippen LogP contribution in [0.5, 0.6) is 5.75 Å². The lowest BCUT2D eigenvalue weighted by atomic mass is 9.85. The molecule has 0 bridgehead atoms. The smallest absolute Gasteiger partial charge is 0.248 e. The third-order valence-corrected chi connectivity index (χ3v) is 4.83. The Morgan fingerprint density at radius 3 is 2.75 bits per heavy atom. The van der Waals surface area contributed by atoms with E-state index in [-0.39, 0.29) is 5.91 Å². The van der Waals surface area contributed by atoms with E-state index in [2.05, 4.69) is 15.5 Å². The van der Waals surface area contributed by atoms with Crippen LogP contribution in [-0.4, -0.2) is 23.2 Å². The van der Waals surface area contributed by atoms with Crippen molar-refractivity contribution in [1.29, 1.82) is 0 Å². The van der Waals surface area contributed by atoms with Crippen LogP contribution in [0.3, 0.4) is 0 Å². The molecule has 1 saturated carbocycles. The average Bonchev–Trinajstić information content (AvgIpc) is 3.15. The van der Waals surface area contributed by atoms with E-state index < -0.39 is 0 Å². The third kappa shape index (κ3) is 4.11. The molecule has 142 valence electrons. The highest BCUT2D eigenvalue weighted by Crippen LogP contribution is 2.36.